The number of hydrogen-bond acceptors (Lipinski definition) is 2. The molecule has 0 saturated heterocycles. The zero-order valence-corrected chi connectivity index (χ0v) is 9.39. The van der Waals surface area contributed by atoms with Gasteiger partial charge in [0.05, 0.1) is 22.0 Å². The molecule has 5 heteroatoms. The molecule has 0 bridgehead atoms. The van der Waals surface area contributed by atoms with Crippen LogP contribution in [0.5, 0.6) is 0 Å². The molecule has 1 aromatic carbocycles. The molecule has 2 atom stereocenters. The van der Waals surface area contributed by atoms with E-state index in [1.807, 2.05) is 0 Å². The first-order valence-electron chi connectivity index (χ1n) is 3.94. The van der Waals surface area contributed by atoms with Crippen LogP contribution in [0.15, 0.2) is 18.2 Å². The van der Waals surface area contributed by atoms with Gasteiger partial charge in [0.25, 0.3) is 0 Å². The Labute approximate surface area is 97.0 Å². The Morgan fingerprint density at radius 3 is 2.43 bits per heavy atom. The molecule has 0 aromatic heterocycles. The van der Waals surface area contributed by atoms with Gasteiger partial charge in [-0.1, -0.05) is 35.3 Å². The lowest BCUT2D eigenvalue weighted by Crippen LogP contribution is -2.19. The molecule has 0 saturated carbocycles. The smallest absolute Gasteiger partial charge is 0.108 e. The topological polar surface area (TPSA) is 40.5 Å². The van der Waals surface area contributed by atoms with Gasteiger partial charge in [0, 0.05) is 5.56 Å². The molecular weight excluding hydrogens is 246 g/mol. The van der Waals surface area contributed by atoms with Gasteiger partial charge in [-0.05, 0) is 6.07 Å². The van der Waals surface area contributed by atoms with Gasteiger partial charge >= 0.3 is 0 Å². The van der Waals surface area contributed by atoms with Gasteiger partial charge in [0.1, 0.15) is 6.10 Å². The normalized spacial score (nSPS) is 15.2. The maximum Gasteiger partial charge on any atom is 0.108 e. The molecule has 0 aliphatic carbocycles. The average Bonchev–Trinajstić information content (AvgIpc) is 2.20. The van der Waals surface area contributed by atoms with Crippen molar-refractivity contribution < 1.29 is 10.2 Å². The van der Waals surface area contributed by atoms with Gasteiger partial charge in [-0.3, -0.25) is 0 Å². The molecule has 0 aliphatic rings. The van der Waals surface area contributed by atoms with Crippen molar-refractivity contribution in [1.82, 2.24) is 0 Å². The number of halogens is 3. The molecule has 78 valence electrons. The summed E-state index contributed by atoms with van der Waals surface area (Å²) in [7, 11) is 0. The third kappa shape index (κ3) is 2.53. The molecule has 1 aromatic rings. The van der Waals surface area contributed by atoms with E-state index in [1.165, 1.54) is 0 Å². The lowest BCUT2D eigenvalue weighted by Gasteiger charge is -2.17. The monoisotopic (exact) mass is 254 g/mol. The van der Waals surface area contributed by atoms with Crippen LogP contribution in [0.1, 0.15) is 11.7 Å². The number of alkyl halides is 1. The van der Waals surface area contributed by atoms with Crippen molar-refractivity contribution in [3.63, 3.8) is 0 Å². The number of hydrogen-bond donors (Lipinski definition) is 2. The highest BCUT2D eigenvalue weighted by Gasteiger charge is 2.20. The van der Waals surface area contributed by atoms with E-state index in [0.29, 0.717) is 10.6 Å². The molecule has 2 N–H and O–H groups in total. The number of rotatable bonds is 3. The molecule has 1 rings (SSSR count). The standard InChI is InChI=1S/C9H9Cl3O2/c10-4-7(13)9(14)5-2-1-3-6(11)8(5)12/h1-3,7,9,13-14H,4H2. The van der Waals surface area contributed by atoms with Crippen LogP contribution in [0.2, 0.25) is 10.0 Å². The maximum absolute atomic E-state index is 9.62. The van der Waals surface area contributed by atoms with E-state index in [4.69, 9.17) is 34.8 Å². The van der Waals surface area contributed by atoms with Crippen LogP contribution in [0.4, 0.5) is 0 Å². The van der Waals surface area contributed by atoms with Crippen molar-refractivity contribution in [3.8, 4) is 0 Å². The maximum atomic E-state index is 9.62. The molecule has 2 nitrogen and oxygen atoms in total. The summed E-state index contributed by atoms with van der Waals surface area (Å²) in [5.74, 6) is -0.0655. The van der Waals surface area contributed by atoms with Crippen molar-refractivity contribution in [2.24, 2.45) is 0 Å². The van der Waals surface area contributed by atoms with Crippen LogP contribution in [0.3, 0.4) is 0 Å². The molecule has 0 fully saturated rings. The number of aliphatic hydroxyl groups is 2. The first-order chi connectivity index (χ1) is 6.57. The fraction of sp³-hybridized carbons (Fsp3) is 0.333. The molecule has 0 radical (unpaired) electrons. The largest absolute Gasteiger partial charge is 0.389 e. The van der Waals surface area contributed by atoms with Crippen molar-refractivity contribution >= 4 is 34.8 Å². The summed E-state index contributed by atoms with van der Waals surface area (Å²) in [6, 6.07) is 4.84. The fourth-order valence-corrected chi connectivity index (χ4v) is 1.63. The number of benzene rings is 1. The fourth-order valence-electron chi connectivity index (χ4n) is 1.04. The Bertz CT molecular complexity index is 317. The van der Waals surface area contributed by atoms with E-state index >= 15 is 0 Å². The van der Waals surface area contributed by atoms with Gasteiger partial charge < -0.3 is 10.2 Å². The van der Waals surface area contributed by atoms with E-state index < -0.39 is 12.2 Å². The van der Waals surface area contributed by atoms with Crippen molar-refractivity contribution in [2.75, 3.05) is 5.88 Å². The Hall–Kier alpha value is 0.01000. The van der Waals surface area contributed by atoms with Crippen LogP contribution in [-0.4, -0.2) is 22.2 Å². The predicted octanol–water partition coefficient (Wildman–Crippen LogP) is 2.63. The van der Waals surface area contributed by atoms with E-state index in [-0.39, 0.29) is 10.9 Å². The second-order valence-corrected chi connectivity index (χ2v) is 3.90. The molecule has 0 heterocycles. The lowest BCUT2D eigenvalue weighted by atomic mass is 10.1. The second kappa shape index (κ2) is 5.19. The zero-order chi connectivity index (χ0) is 10.7. The third-order valence-electron chi connectivity index (χ3n) is 1.82. The highest BCUT2D eigenvalue weighted by molar-refractivity contribution is 6.42. The van der Waals surface area contributed by atoms with Crippen LogP contribution < -0.4 is 0 Å². The summed E-state index contributed by atoms with van der Waals surface area (Å²) < 4.78 is 0. The predicted molar refractivity (Wildman–Crippen MR) is 58.1 cm³/mol. The SMILES string of the molecule is OC(CCl)C(O)c1cccc(Cl)c1Cl. The lowest BCUT2D eigenvalue weighted by molar-refractivity contribution is 0.0328. The Morgan fingerprint density at radius 1 is 1.21 bits per heavy atom. The Balaban J connectivity index is 3.01. The van der Waals surface area contributed by atoms with Gasteiger partial charge in [-0.15, -0.1) is 11.6 Å². The third-order valence-corrected chi connectivity index (χ3v) is 2.97. The molecule has 2 unspecified atom stereocenters. The molecular formula is C9H9Cl3O2. The molecule has 0 amide bonds. The zero-order valence-electron chi connectivity index (χ0n) is 7.12. The average molecular weight is 256 g/mol. The van der Waals surface area contributed by atoms with Crippen LogP contribution in [0.25, 0.3) is 0 Å². The highest BCUT2D eigenvalue weighted by atomic mass is 35.5. The Morgan fingerprint density at radius 2 is 1.86 bits per heavy atom. The quantitative estimate of drug-likeness (QED) is 0.815. The number of aliphatic hydroxyl groups excluding tert-OH is 2. The second-order valence-electron chi connectivity index (χ2n) is 2.81. The van der Waals surface area contributed by atoms with E-state index in [0.717, 1.165) is 0 Å². The van der Waals surface area contributed by atoms with Gasteiger partial charge in [0.15, 0.2) is 0 Å². The van der Waals surface area contributed by atoms with Crippen molar-refractivity contribution in [3.05, 3.63) is 33.8 Å². The molecule has 14 heavy (non-hydrogen) atoms. The summed E-state index contributed by atoms with van der Waals surface area (Å²) in [5, 5.41) is 19.5. The van der Waals surface area contributed by atoms with Gasteiger partial charge in [-0.25, -0.2) is 0 Å². The first kappa shape index (κ1) is 12.1. The van der Waals surface area contributed by atoms with Gasteiger partial charge in [0.2, 0.25) is 0 Å². The molecule has 0 spiro atoms. The molecule has 0 aliphatic heterocycles. The van der Waals surface area contributed by atoms with E-state index in [1.54, 1.807) is 18.2 Å². The van der Waals surface area contributed by atoms with Crippen LogP contribution in [0, 0.1) is 0 Å². The van der Waals surface area contributed by atoms with Crippen molar-refractivity contribution in [2.45, 2.75) is 12.2 Å². The summed E-state index contributed by atoms with van der Waals surface area (Å²) in [6.45, 7) is 0. The minimum Gasteiger partial charge on any atom is -0.389 e. The van der Waals surface area contributed by atoms with E-state index in [2.05, 4.69) is 0 Å². The van der Waals surface area contributed by atoms with E-state index in [9.17, 15) is 10.2 Å². The van der Waals surface area contributed by atoms with Crippen LogP contribution in [-0.2, 0) is 0 Å². The summed E-state index contributed by atoms with van der Waals surface area (Å²) >= 11 is 17.0. The highest BCUT2D eigenvalue weighted by Crippen LogP contribution is 2.31. The minimum atomic E-state index is -1.11. The Kier molecular flexibility index (Phi) is 4.48. The van der Waals surface area contributed by atoms with Crippen molar-refractivity contribution in [1.29, 1.82) is 0 Å². The van der Waals surface area contributed by atoms with Crippen LogP contribution >= 0.6 is 34.8 Å². The minimum absolute atomic E-state index is 0.0655. The summed E-state index contributed by atoms with van der Waals surface area (Å²) in [4.78, 5) is 0. The summed E-state index contributed by atoms with van der Waals surface area (Å²) in [6.07, 6.45) is -2.16. The first-order valence-corrected chi connectivity index (χ1v) is 5.23. The summed E-state index contributed by atoms with van der Waals surface area (Å²) in [5.41, 5.74) is 0.382. The van der Waals surface area contributed by atoms with Gasteiger partial charge in [-0.2, -0.15) is 0 Å².